The second kappa shape index (κ2) is 4.09. The fourth-order valence-electron chi connectivity index (χ4n) is 3.34. The lowest BCUT2D eigenvalue weighted by molar-refractivity contribution is 0.0175. The first-order valence-corrected chi connectivity index (χ1v) is 7.52. The van der Waals surface area contributed by atoms with E-state index in [-0.39, 0.29) is 11.6 Å². The average Bonchev–Trinajstić information content (AvgIpc) is 2.89. The molecule has 0 aliphatic carbocycles. The van der Waals surface area contributed by atoms with Gasteiger partial charge in [-0.25, -0.2) is 0 Å². The van der Waals surface area contributed by atoms with Gasteiger partial charge in [0.25, 0.3) is 0 Å². The molecule has 0 radical (unpaired) electrons. The van der Waals surface area contributed by atoms with Gasteiger partial charge in [-0.3, -0.25) is 4.90 Å². The zero-order chi connectivity index (χ0) is 11.2. The average molecular weight is 302 g/mol. The molecule has 16 heavy (non-hydrogen) atoms. The number of hydrogen-bond acceptors (Lipinski definition) is 3. The largest absolute Gasteiger partial charge is 0.386 e. The van der Waals surface area contributed by atoms with Crippen molar-refractivity contribution in [1.82, 2.24) is 4.90 Å². The van der Waals surface area contributed by atoms with Gasteiger partial charge < -0.3 is 5.11 Å². The number of halogens is 1. The number of rotatable bonds is 2. The van der Waals surface area contributed by atoms with Gasteiger partial charge in [0.1, 0.15) is 6.10 Å². The molecule has 0 spiro atoms. The third-order valence-corrected chi connectivity index (χ3v) is 5.75. The molecule has 1 atom stereocenters. The molecule has 2 nitrogen and oxygen atoms in total. The molecule has 4 heteroatoms. The van der Waals surface area contributed by atoms with Gasteiger partial charge in [0.15, 0.2) is 0 Å². The van der Waals surface area contributed by atoms with Crippen LogP contribution in [-0.4, -0.2) is 28.6 Å². The molecular weight excluding hydrogens is 286 g/mol. The summed E-state index contributed by atoms with van der Waals surface area (Å²) in [5.74, 6) is 0. The van der Waals surface area contributed by atoms with Crippen molar-refractivity contribution in [2.45, 2.75) is 37.3 Å². The zero-order valence-electron chi connectivity index (χ0n) is 9.16. The van der Waals surface area contributed by atoms with Crippen molar-refractivity contribution in [3.8, 4) is 0 Å². The highest BCUT2D eigenvalue weighted by Gasteiger charge is 2.49. The molecule has 3 rings (SSSR count). The highest BCUT2D eigenvalue weighted by Crippen LogP contribution is 2.48. The van der Waals surface area contributed by atoms with Gasteiger partial charge in [0.05, 0.1) is 9.33 Å². The van der Waals surface area contributed by atoms with Gasteiger partial charge in [-0.2, -0.15) is 0 Å². The highest BCUT2D eigenvalue weighted by atomic mass is 79.9. The smallest absolute Gasteiger partial charge is 0.106 e. The molecule has 2 saturated heterocycles. The molecule has 0 amide bonds. The van der Waals surface area contributed by atoms with E-state index in [0.29, 0.717) is 0 Å². The number of aliphatic hydroxyl groups is 1. The Morgan fingerprint density at radius 1 is 1.31 bits per heavy atom. The Balaban J connectivity index is 1.91. The molecule has 1 aromatic rings. The Morgan fingerprint density at radius 3 is 2.56 bits per heavy atom. The van der Waals surface area contributed by atoms with Gasteiger partial charge in [-0.15, -0.1) is 11.3 Å². The quantitative estimate of drug-likeness (QED) is 0.907. The van der Waals surface area contributed by atoms with Crippen molar-refractivity contribution in [3.63, 3.8) is 0 Å². The van der Waals surface area contributed by atoms with Gasteiger partial charge >= 0.3 is 0 Å². The Hall–Kier alpha value is 0.1000. The van der Waals surface area contributed by atoms with Gasteiger partial charge in [-0.1, -0.05) is 0 Å². The van der Waals surface area contributed by atoms with Crippen molar-refractivity contribution in [2.75, 3.05) is 13.1 Å². The van der Waals surface area contributed by atoms with E-state index in [2.05, 4.69) is 26.9 Å². The normalized spacial score (nSPS) is 25.9. The second-order valence-electron chi connectivity index (χ2n) is 4.84. The molecule has 2 aliphatic heterocycles. The molecule has 0 bridgehead atoms. The molecule has 3 heterocycles. The van der Waals surface area contributed by atoms with E-state index < -0.39 is 0 Å². The van der Waals surface area contributed by atoms with Crippen LogP contribution in [0.15, 0.2) is 15.9 Å². The Kier molecular flexibility index (Phi) is 2.86. The Labute approximate surface area is 108 Å². The third-order valence-electron chi connectivity index (χ3n) is 4.08. The van der Waals surface area contributed by atoms with E-state index >= 15 is 0 Å². The van der Waals surface area contributed by atoms with Crippen LogP contribution in [-0.2, 0) is 0 Å². The van der Waals surface area contributed by atoms with Crippen molar-refractivity contribution in [2.24, 2.45) is 0 Å². The maximum Gasteiger partial charge on any atom is 0.106 e. The van der Waals surface area contributed by atoms with Crippen LogP contribution in [0.5, 0.6) is 0 Å². The fraction of sp³-hybridized carbons (Fsp3) is 0.667. The van der Waals surface area contributed by atoms with Crippen LogP contribution >= 0.6 is 27.3 Å². The first kappa shape index (κ1) is 11.2. The standard InChI is InChI=1S/C12H16BrNOS/c13-10-4-3-9(16-10)11(15)12-5-1-7-14(12)8-2-6-12/h3-4,11,15H,1-2,5-8H2. The number of hydrogen-bond donors (Lipinski definition) is 1. The first-order chi connectivity index (χ1) is 7.72. The number of nitrogens with zero attached hydrogens (tertiary/aromatic N) is 1. The summed E-state index contributed by atoms with van der Waals surface area (Å²) in [6.45, 7) is 2.34. The summed E-state index contributed by atoms with van der Waals surface area (Å²) in [5.41, 5.74) is 0.0598. The minimum Gasteiger partial charge on any atom is -0.386 e. The van der Waals surface area contributed by atoms with Gasteiger partial charge in [-0.05, 0) is 66.8 Å². The van der Waals surface area contributed by atoms with Crippen molar-refractivity contribution in [1.29, 1.82) is 0 Å². The fourth-order valence-corrected chi connectivity index (χ4v) is 4.86. The Bertz CT molecular complexity index is 382. The maximum atomic E-state index is 10.6. The molecule has 0 aromatic carbocycles. The second-order valence-corrected chi connectivity index (χ2v) is 7.34. The minimum atomic E-state index is -0.297. The van der Waals surface area contributed by atoms with Crippen LogP contribution in [0.2, 0.25) is 0 Å². The first-order valence-electron chi connectivity index (χ1n) is 5.91. The van der Waals surface area contributed by atoms with Crippen LogP contribution < -0.4 is 0 Å². The van der Waals surface area contributed by atoms with Crippen LogP contribution in [0, 0.1) is 0 Å². The van der Waals surface area contributed by atoms with Crippen molar-refractivity contribution in [3.05, 3.63) is 20.8 Å². The summed E-state index contributed by atoms with van der Waals surface area (Å²) in [7, 11) is 0. The molecule has 2 fully saturated rings. The molecule has 2 aliphatic rings. The highest BCUT2D eigenvalue weighted by molar-refractivity contribution is 9.11. The van der Waals surface area contributed by atoms with E-state index in [4.69, 9.17) is 0 Å². The molecule has 88 valence electrons. The molecule has 0 saturated carbocycles. The zero-order valence-corrected chi connectivity index (χ0v) is 11.6. The van der Waals surface area contributed by atoms with E-state index in [1.165, 1.54) is 25.9 Å². The van der Waals surface area contributed by atoms with E-state index in [9.17, 15) is 5.11 Å². The third kappa shape index (κ3) is 1.58. The lowest BCUT2D eigenvalue weighted by atomic mass is 9.87. The summed E-state index contributed by atoms with van der Waals surface area (Å²) in [5, 5.41) is 10.6. The molecule has 1 aromatic heterocycles. The summed E-state index contributed by atoms with van der Waals surface area (Å²) >= 11 is 5.14. The minimum absolute atomic E-state index is 0.0598. The van der Waals surface area contributed by atoms with Crippen molar-refractivity contribution < 1.29 is 5.11 Å². The Morgan fingerprint density at radius 2 is 2.00 bits per heavy atom. The summed E-state index contributed by atoms with van der Waals surface area (Å²) in [6.07, 6.45) is 4.49. The van der Waals surface area contributed by atoms with Crippen molar-refractivity contribution >= 4 is 27.3 Å². The monoisotopic (exact) mass is 301 g/mol. The van der Waals surface area contributed by atoms with Crippen LogP contribution in [0.25, 0.3) is 0 Å². The number of thiophene rings is 1. The van der Waals surface area contributed by atoms with Crippen LogP contribution in [0.3, 0.4) is 0 Å². The predicted octanol–water partition coefficient (Wildman–Crippen LogP) is 3.17. The number of aliphatic hydroxyl groups excluding tert-OH is 1. The molecular formula is C12H16BrNOS. The predicted molar refractivity (Wildman–Crippen MR) is 69.8 cm³/mol. The van der Waals surface area contributed by atoms with E-state index in [0.717, 1.165) is 21.5 Å². The molecule has 1 N–H and O–H groups in total. The molecule has 1 unspecified atom stereocenters. The SMILES string of the molecule is OC(c1ccc(Br)s1)C12CCCN1CCC2. The van der Waals surface area contributed by atoms with Gasteiger partial charge in [0, 0.05) is 4.88 Å². The van der Waals surface area contributed by atoms with E-state index in [1.54, 1.807) is 11.3 Å². The van der Waals surface area contributed by atoms with Crippen LogP contribution in [0.1, 0.15) is 36.7 Å². The van der Waals surface area contributed by atoms with Gasteiger partial charge in [0.2, 0.25) is 0 Å². The number of fused-ring (bicyclic) bond motifs is 1. The topological polar surface area (TPSA) is 23.5 Å². The van der Waals surface area contributed by atoms with Crippen LogP contribution in [0.4, 0.5) is 0 Å². The van der Waals surface area contributed by atoms with E-state index in [1.807, 2.05) is 6.07 Å². The summed E-state index contributed by atoms with van der Waals surface area (Å²) in [4.78, 5) is 3.62. The lowest BCUT2D eigenvalue weighted by Gasteiger charge is -2.36. The summed E-state index contributed by atoms with van der Waals surface area (Å²) in [6, 6.07) is 4.09. The lowest BCUT2D eigenvalue weighted by Crippen LogP contribution is -2.43. The summed E-state index contributed by atoms with van der Waals surface area (Å²) < 4.78 is 1.11. The maximum absolute atomic E-state index is 10.6.